The van der Waals surface area contributed by atoms with Crippen LogP contribution in [0.1, 0.15) is 188 Å². The lowest BCUT2D eigenvalue weighted by atomic mass is 10.1. The SMILES string of the molecule is CC/C=C\C/C=C\C/C=C\C/C=C\C/C=C\C/C=C\C/C=C\C/C=C\CCCCCCC(=O)OCC(COC(=O)CCCCCCC)OC(=O)CC/C=C\C/C=C\C/C=C\C/C=C\CC. The highest BCUT2D eigenvalue weighted by Crippen LogP contribution is 2.10. The molecule has 65 heavy (non-hydrogen) atoms. The van der Waals surface area contributed by atoms with Crippen molar-refractivity contribution in [2.45, 2.75) is 194 Å². The summed E-state index contributed by atoms with van der Waals surface area (Å²) in [4.78, 5) is 37.5. The number of carbonyl (C=O) groups is 3. The van der Waals surface area contributed by atoms with Crippen molar-refractivity contribution in [1.29, 1.82) is 0 Å². The van der Waals surface area contributed by atoms with Crippen molar-refractivity contribution in [2.24, 2.45) is 0 Å². The molecule has 6 nitrogen and oxygen atoms in total. The molecule has 6 heteroatoms. The summed E-state index contributed by atoms with van der Waals surface area (Å²) in [7, 11) is 0. The van der Waals surface area contributed by atoms with E-state index >= 15 is 0 Å². The second kappa shape index (κ2) is 51.9. The van der Waals surface area contributed by atoms with E-state index in [-0.39, 0.29) is 31.6 Å². The Balaban J connectivity index is 4.26. The monoisotopic (exact) mass is 895 g/mol. The van der Waals surface area contributed by atoms with Gasteiger partial charge in [0, 0.05) is 19.3 Å². The van der Waals surface area contributed by atoms with Crippen molar-refractivity contribution in [3.8, 4) is 0 Å². The van der Waals surface area contributed by atoms with Gasteiger partial charge >= 0.3 is 17.9 Å². The average Bonchev–Trinajstić information content (AvgIpc) is 3.30. The van der Waals surface area contributed by atoms with E-state index in [0.717, 1.165) is 141 Å². The van der Waals surface area contributed by atoms with E-state index in [1.165, 1.54) is 0 Å². The van der Waals surface area contributed by atoms with Gasteiger partial charge in [-0.3, -0.25) is 14.4 Å². The maximum atomic E-state index is 12.6. The van der Waals surface area contributed by atoms with Gasteiger partial charge in [0.25, 0.3) is 0 Å². The normalized spacial score (nSPS) is 13.3. The largest absolute Gasteiger partial charge is 0.462 e. The fourth-order valence-corrected chi connectivity index (χ4v) is 6.12. The minimum absolute atomic E-state index is 0.121. The van der Waals surface area contributed by atoms with Gasteiger partial charge < -0.3 is 14.2 Å². The third-order valence-corrected chi connectivity index (χ3v) is 9.85. The summed E-state index contributed by atoms with van der Waals surface area (Å²) < 4.78 is 16.5. The molecule has 0 saturated heterocycles. The van der Waals surface area contributed by atoms with E-state index < -0.39 is 12.1 Å². The lowest BCUT2D eigenvalue weighted by molar-refractivity contribution is -0.166. The van der Waals surface area contributed by atoms with Gasteiger partial charge in [-0.2, -0.15) is 0 Å². The van der Waals surface area contributed by atoms with Crippen LogP contribution in [0.25, 0.3) is 0 Å². The van der Waals surface area contributed by atoms with Crippen LogP contribution in [0, 0.1) is 0 Å². The highest BCUT2D eigenvalue weighted by atomic mass is 16.6. The molecule has 0 bridgehead atoms. The van der Waals surface area contributed by atoms with E-state index in [0.29, 0.717) is 19.3 Å². The van der Waals surface area contributed by atoms with Crippen LogP contribution in [-0.4, -0.2) is 37.2 Å². The van der Waals surface area contributed by atoms with Crippen molar-refractivity contribution < 1.29 is 28.6 Å². The molecule has 0 radical (unpaired) electrons. The summed E-state index contributed by atoms with van der Waals surface area (Å²) in [6.45, 7) is 6.20. The summed E-state index contributed by atoms with van der Waals surface area (Å²) in [6, 6.07) is 0. The van der Waals surface area contributed by atoms with E-state index in [2.05, 4.69) is 154 Å². The standard InChI is InChI=1S/C59H90O6/c1-4-7-10-13-15-17-19-21-22-23-24-25-26-27-28-29-30-31-32-33-34-35-36-38-39-41-43-46-49-52-58(61)64-55-56(54-63-57(60)51-48-45-12-9-6-3)65-59(62)53-50-47-44-42-40-37-20-18-16-14-11-8-5-2/h7-8,10-11,15-18,21-22,24-25,27-28,30-31,33-34,36-38,40,44,47,56H,4-6,9,12-14,19-20,23,26,29,32,35,39,41-43,45-46,48-55H2,1-3H3/b10-7-,11-8-,17-15-,18-16-,22-21-,25-24-,28-27-,31-30-,34-33-,38-36-,40-37-,47-44-. The number of ether oxygens (including phenoxy) is 3. The molecule has 362 valence electrons. The van der Waals surface area contributed by atoms with Crippen LogP contribution < -0.4 is 0 Å². The van der Waals surface area contributed by atoms with E-state index in [1.54, 1.807) is 0 Å². The Morgan fingerprint density at radius 1 is 0.323 bits per heavy atom. The molecule has 0 aliphatic rings. The Morgan fingerprint density at radius 3 is 0.985 bits per heavy atom. The number of unbranched alkanes of at least 4 members (excludes halogenated alkanes) is 8. The topological polar surface area (TPSA) is 78.9 Å². The molecule has 0 aliphatic carbocycles. The van der Waals surface area contributed by atoms with E-state index in [9.17, 15) is 14.4 Å². The van der Waals surface area contributed by atoms with Gasteiger partial charge in [0.05, 0.1) is 0 Å². The highest BCUT2D eigenvalue weighted by Gasteiger charge is 2.19. The molecule has 1 unspecified atom stereocenters. The second-order valence-electron chi connectivity index (χ2n) is 16.0. The smallest absolute Gasteiger partial charge is 0.306 e. The van der Waals surface area contributed by atoms with Gasteiger partial charge in [-0.15, -0.1) is 0 Å². The molecular weight excluding hydrogens is 805 g/mol. The molecule has 0 spiro atoms. The fraction of sp³-hybridized carbons (Fsp3) is 0.542. The zero-order valence-corrected chi connectivity index (χ0v) is 41.2. The summed E-state index contributed by atoms with van der Waals surface area (Å²) in [5, 5.41) is 0. The van der Waals surface area contributed by atoms with Crippen LogP contribution >= 0.6 is 0 Å². The first-order valence-corrected chi connectivity index (χ1v) is 25.3. The molecule has 0 N–H and O–H groups in total. The average molecular weight is 895 g/mol. The zero-order chi connectivity index (χ0) is 47.2. The second-order valence-corrected chi connectivity index (χ2v) is 16.0. The number of hydrogen-bond acceptors (Lipinski definition) is 6. The van der Waals surface area contributed by atoms with Crippen LogP contribution in [0.5, 0.6) is 0 Å². The quantitative estimate of drug-likeness (QED) is 0.0263. The maximum Gasteiger partial charge on any atom is 0.306 e. The number of esters is 3. The molecule has 0 aromatic rings. The molecule has 0 rings (SSSR count). The third kappa shape index (κ3) is 50.2. The zero-order valence-electron chi connectivity index (χ0n) is 41.2. The van der Waals surface area contributed by atoms with Crippen molar-refractivity contribution in [2.75, 3.05) is 13.2 Å². The van der Waals surface area contributed by atoms with Crippen LogP contribution in [0.3, 0.4) is 0 Å². The maximum absolute atomic E-state index is 12.6. The number of allylic oxidation sites excluding steroid dienone is 24. The van der Waals surface area contributed by atoms with E-state index in [4.69, 9.17) is 14.2 Å². The first-order chi connectivity index (χ1) is 32.0. The lowest BCUT2D eigenvalue weighted by Crippen LogP contribution is -2.30. The molecule has 0 aliphatic heterocycles. The minimum Gasteiger partial charge on any atom is -0.462 e. The number of rotatable bonds is 43. The summed E-state index contributed by atoms with van der Waals surface area (Å²) in [5.41, 5.74) is 0. The van der Waals surface area contributed by atoms with Gasteiger partial charge in [-0.05, 0) is 109 Å². The summed E-state index contributed by atoms with van der Waals surface area (Å²) in [5.74, 6) is -1.06. The molecule has 0 heterocycles. The summed E-state index contributed by atoms with van der Waals surface area (Å²) in [6.07, 6.45) is 74.6. The van der Waals surface area contributed by atoms with Gasteiger partial charge in [0.2, 0.25) is 0 Å². The molecule has 1 atom stereocenters. The third-order valence-electron chi connectivity index (χ3n) is 9.85. The van der Waals surface area contributed by atoms with Gasteiger partial charge in [-0.25, -0.2) is 0 Å². The Morgan fingerprint density at radius 2 is 0.631 bits per heavy atom. The predicted octanol–water partition coefficient (Wildman–Crippen LogP) is 16.9. The van der Waals surface area contributed by atoms with Crippen LogP contribution in [-0.2, 0) is 28.6 Å². The molecule has 0 fully saturated rings. The first-order valence-electron chi connectivity index (χ1n) is 25.3. The minimum atomic E-state index is -0.828. The van der Waals surface area contributed by atoms with Crippen LogP contribution in [0.2, 0.25) is 0 Å². The number of carbonyl (C=O) groups excluding carboxylic acids is 3. The van der Waals surface area contributed by atoms with E-state index in [1.807, 2.05) is 12.2 Å². The predicted molar refractivity (Wildman–Crippen MR) is 279 cm³/mol. The van der Waals surface area contributed by atoms with Crippen molar-refractivity contribution in [3.63, 3.8) is 0 Å². The summed E-state index contributed by atoms with van der Waals surface area (Å²) >= 11 is 0. The van der Waals surface area contributed by atoms with Gasteiger partial charge in [-0.1, -0.05) is 205 Å². The molecule has 0 aromatic heterocycles. The Bertz CT molecular complexity index is 1490. The lowest BCUT2D eigenvalue weighted by Gasteiger charge is -2.18. The molecule has 0 saturated carbocycles. The highest BCUT2D eigenvalue weighted by molar-refractivity contribution is 5.71. The Kier molecular flexibility index (Phi) is 48.2. The Labute approximate surface area is 397 Å². The first kappa shape index (κ1) is 60.3. The molecular formula is C59H90O6. The Hall–Kier alpha value is -4.71. The van der Waals surface area contributed by atoms with Gasteiger partial charge in [0.15, 0.2) is 6.10 Å². The van der Waals surface area contributed by atoms with Crippen LogP contribution in [0.4, 0.5) is 0 Å². The van der Waals surface area contributed by atoms with Gasteiger partial charge in [0.1, 0.15) is 13.2 Å². The van der Waals surface area contributed by atoms with Crippen molar-refractivity contribution in [1.82, 2.24) is 0 Å². The number of hydrogen-bond donors (Lipinski definition) is 0. The van der Waals surface area contributed by atoms with Crippen molar-refractivity contribution >= 4 is 17.9 Å². The fourth-order valence-electron chi connectivity index (χ4n) is 6.12. The molecule has 0 aromatic carbocycles. The molecule has 0 amide bonds. The van der Waals surface area contributed by atoms with Crippen LogP contribution in [0.15, 0.2) is 146 Å². The van der Waals surface area contributed by atoms with Crippen molar-refractivity contribution in [3.05, 3.63) is 146 Å².